The van der Waals surface area contributed by atoms with E-state index in [0.717, 1.165) is 10.6 Å². The lowest BCUT2D eigenvalue weighted by Crippen LogP contribution is -2.45. The number of carbonyl (C=O) groups is 1. The lowest BCUT2D eigenvalue weighted by Gasteiger charge is -2.38. The molecule has 1 aliphatic carbocycles. The van der Waals surface area contributed by atoms with Crippen LogP contribution in [0.25, 0.3) is 0 Å². The number of rotatable bonds is 2. The monoisotopic (exact) mass is 249 g/mol. The zero-order valence-corrected chi connectivity index (χ0v) is 11.0. The number of hydrogen-bond acceptors (Lipinski definition) is 4. The van der Waals surface area contributed by atoms with Gasteiger partial charge in [0.05, 0.1) is 11.8 Å². The molecule has 1 saturated carbocycles. The summed E-state index contributed by atoms with van der Waals surface area (Å²) >= 11 is 1.45. The van der Waals surface area contributed by atoms with E-state index < -0.39 is 5.41 Å². The van der Waals surface area contributed by atoms with E-state index in [1.165, 1.54) is 11.3 Å². The molecule has 4 nitrogen and oxygen atoms in total. The van der Waals surface area contributed by atoms with Crippen LogP contribution in [0.5, 0.6) is 0 Å². The summed E-state index contributed by atoms with van der Waals surface area (Å²) in [5.41, 5.74) is 0.102. The van der Waals surface area contributed by atoms with Crippen LogP contribution in [0.15, 0.2) is 0 Å². The van der Waals surface area contributed by atoms with Gasteiger partial charge in [0.15, 0.2) is 5.13 Å². The van der Waals surface area contributed by atoms with Crippen LogP contribution < -0.4 is 5.32 Å². The SMILES string of the molecule is Cc1nc(NC(=O)C2(C#N)CC(C)C2)sc1C. The Balaban J connectivity index is 2.10. The van der Waals surface area contributed by atoms with Gasteiger partial charge in [-0.2, -0.15) is 5.26 Å². The van der Waals surface area contributed by atoms with Gasteiger partial charge in [0.2, 0.25) is 5.91 Å². The van der Waals surface area contributed by atoms with Crippen LogP contribution in [0, 0.1) is 36.5 Å². The van der Waals surface area contributed by atoms with Gasteiger partial charge in [-0.15, -0.1) is 11.3 Å². The standard InChI is InChI=1S/C12H15N3OS/c1-7-4-12(5-7,6-13)10(16)15-11-14-8(2)9(3)17-11/h7H,4-5H2,1-3H3,(H,14,15,16). The summed E-state index contributed by atoms with van der Waals surface area (Å²) in [5, 5.41) is 12.5. The predicted octanol–water partition coefficient (Wildman–Crippen LogP) is 2.64. The third-order valence-electron chi connectivity index (χ3n) is 3.29. The first-order valence-corrected chi connectivity index (χ1v) is 6.45. The van der Waals surface area contributed by atoms with Crippen molar-refractivity contribution in [3.8, 4) is 6.07 Å². The van der Waals surface area contributed by atoms with Crippen molar-refractivity contribution in [1.29, 1.82) is 5.26 Å². The van der Waals surface area contributed by atoms with Crippen molar-refractivity contribution in [2.24, 2.45) is 11.3 Å². The van der Waals surface area contributed by atoms with Crippen molar-refractivity contribution < 1.29 is 4.79 Å². The average Bonchev–Trinajstić information content (AvgIpc) is 2.53. The Kier molecular flexibility index (Phi) is 2.92. The number of aromatic nitrogens is 1. The molecule has 1 aliphatic rings. The van der Waals surface area contributed by atoms with Crippen molar-refractivity contribution in [2.75, 3.05) is 5.32 Å². The molecule has 1 amide bonds. The fraction of sp³-hybridized carbons (Fsp3) is 0.583. The molecule has 90 valence electrons. The Morgan fingerprint density at radius 1 is 1.59 bits per heavy atom. The third-order valence-corrected chi connectivity index (χ3v) is 4.28. The molecule has 17 heavy (non-hydrogen) atoms. The topological polar surface area (TPSA) is 65.8 Å². The van der Waals surface area contributed by atoms with Gasteiger partial charge >= 0.3 is 0 Å². The van der Waals surface area contributed by atoms with Crippen molar-refractivity contribution in [3.05, 3.63) is 10.6 Å². The lowest BCUT2D eigenvalue weighted by atomic mass is 9.63. The first-order chi connectivity index (χ1) is 7.97. The van der Waals surface area contributed by atoms with Crippen molar-refractivity contribution >= 4 is 22.4 Å². The number of nitrogens with zero attached hydrogens (tertiary/aromatic N) is 2. The quantitative estimate of drug-likeness (QED) is 0.876. The number of anilines is 1. The molecule has 2 rings (SSSR count). The molecule has 1 fully saturated rings. The molecule has 0 spiro atoms. The number of aryl methyl sites for hydroxylation is 2. The van der Waals surface area contributed by atoms with Crippen molar-refractivity contribution in [2.45, 2.75) is 33.6 Å². The van der Waals surface area contributed by atoms with E-state index in [1.54, 1.807) is 0 Å². The second kappa shape index (κ2) is 4.11. The summed E-state index contributed by atoms with van der Waals surface area (Å²) < 4.78 is 0. The second-order valence-corrected chi connectivity index (χ2v) is 6.03. The Morgan fingerprint density at radius 2 is 2.24 bits per heavy atom. The largest absolute Gasteiger partial charge is 0.301 e. The Hall–Kier alpha value is -1.41. The summed E-state index contributed by atoms with van der Waals surface area (Å²) in [6.07, 6.45) is 1.30. The summed E-state index contributed by atoms with van der Waals surface area (Å²) in [5.74, 6) is 0.256. The van der Waals surface area contributed by atoms with E-state index in [-0.39, 0.29) is 5.91 Å². The van der Waals surface area contributed by atoms with E-state index in [9.17, 15) is 4.79 Å². The number of nitrogens with one attached hydrogen (secondary N) is 1. The molecular formula is C12H15N3OS. The van der Waals surface area contributed by atoms with Crippen LogP contribution in [-0.4, -0.2) is 10.9 Å². The molecule has 0 saturated heterocycles. The fourth-order valence-corrected chi connectivity index (χ4v) is 3.01. The predicted molar refractivity (Wildman–Crippen MR) is 66.7 cm³/mol. The molecule has 0 bridgehead atoms. The van der Waals surface area contributed by atoms with Crippen LogP contribution in [-0.2, 0) is 4.79 Å². The highest BCUT2D eigenvalue weighted by Gasteiger charge is 2.49. The molecule has 0 aliphatic heterocycles. The van der Waals surface area contributed by atoms with Crippen LogP contribution in [0.3, 0.4) is 0 Å². The molecule has 0 aromatic carbocycles. The molecular weight excluding hydrogens is 234 g/mol. The number of nitriles is 1. The summed E-state index contributed by atoms with van der Waals surface area (Å²) in [4.78, 5) is 17.4. The molecule has 1 aromatic heterocycles. The van der Waals surface area contributed by atoms with Gasteiger partial charge in [-0.1, -0.05) is 6.92 Å². The first kappa shape index (κ1) is 12.1. The minimum Gasteiger partial charge on any atom is -0.301 e. The van der Waals surface area contributed by atoms with E-state index in [4.69, 9.17) is 5.26 Å². The number of thiazole rings is 1. The van der Waals surface area contributed by atoms with E-state index in [1.807, 2.05) is 13.8 Å². The highest BCUT2D eigenvalue weighted by molar-refractivity contribution is 7.15. The Morgan fingerprint density at radius 3 is 2.65 bits per heavy atom. The molecule has 1 heterocycles. The van der Waals surface area contributed by atoms with Crippen LogP contribution in [0.4, 0.5) is 5.13 Å². The summed E-state index contributed by atoms with van der Waals surface area (Å²) in [6, 6.07) is 2.15. The van der Waals surface area contributed by atoms with Crippen LogP contribution in [0.1, 0.15) is 30.3 Å². The molecule has 0 atom stereocenters. The fourth-order valence-electron chi connectivity index (χ4n) is 2.20. The number of amides is 1. The molecule has 1 N–H and O–H groups in total. The maximum Gasteiger partial charge on any atom is 0.246 e. The second-order valence-electron chi connectivity index (χ2n) is 4.82. The Bertz CT molecular complexity index is 475. The number of hydrogen-bond donors (Lipinski definition) is 1. The van der Waals surface area contributed by atoms with Crippen LogP contribution >= 0.6 is 11.3 Å². The van der Waals surface area contributed by atoms with Gasteiger partial charge in [-0.25, -0.2) is 4.98 Å². The van der Waals surface area contributed by atoms with Crippen molar-refractivity contribution in [1.82, 2.24) is 4.98 Å². The first-order valence-electron chi connectivity index (χ1n) is 5.63. The van der Waals surface area contributed by atoms with Crippen LogP contribution in [0.2, 0.25) is 0 Å². The maximum absolute atomic E-state index is 12.0. The minimum absolute atomic E-state index is 0.202. The maximum atomic E-state index is 12.0. The molecule has 0 unspecified atom stereocenters. The van der Waals surface area contributed by atoms with Gasteiger partial charge in [-0.3, -0.25) is 4.79 Å². The molecule has 5 heteroatoms. The van der Waals surface area contributed by atoms with Gasteiger partial charge < -0.3 is 5.32 Å². The van der Waals surface area contributed by atoms with E-state index >= 15 is 0 Å². The zero-order chi connectivity index (χ0) is 12.6. The smallest absolute Gasteiger partial charge is 0.246 e. The molecule has 1 aromatic rings. The van der Waals surface area contributed by atoms with Gasteiger partial charge in [0.1, 0.15) is 5.41 Å². The number of carbonyl (C=O) groups excluding carboxylic acids is 1. The highest BCUT2D eigenvalue weighted by atomic mass is 32.1. The summed E-state index contributed by atoms with van der Waals surface area (Å²) in [7, 11) is 0. The lowest BCUT2D eigenvalue weighted by molar-refractivity contribution is -0.128. The van der Waals surface area contributed by atoms with Gasteiger partial charge in [0, 0.05) is 4.88 Å². The average molecular weight is 249 g/mol. The summed E-state index contributed by atoms with van der Waals surface area (Å²) in [6.45, 7) is 5.93. The normalized spacial score (nSPS) is 27.1. The minimum atomic E-state index is -0.826. The van der Waals surface area contributed by atoms with Gasteiger partial charge in [0.25, 0.3) is 0 Å². The van der Waals surface area contributed by atoms with Gasteiger partial charge in [-0.05, 0) is 32.6 Å². The third kappa shape index (κ3) is 2.05. The van der Waals surface area contributed by atoms with Crippen molar-refractivity contribution in [3.63, 3.8) is 0 Å². The van der Waals surface area contributed by atoms with E-state index in [2.05, 4.69) is 23.3 Å². The highest BCUT2D eigenvalue weighted by Crippen LogP contribution is 2.45. The van der Waals surface area contributed by atoms with E-state index in [0.29, 0.717) is 23.9 Å². The Labute approximate surface area is 105 Å². The molecule has 0 radical (unpaired) electrons. The zero-order valence-electron chi connectivity index (χ0n) is 10.2.